The van der Waals surface area contributed by atoms with Crippen molar-refractivity contribution in [2.75, 3.05) is 0 Å². The maximum Gasteiger partial charge on any atom is 0.109 e. The number of hydrogen-bond acceptors (Lipinski definition) is 2. The van der Waals surface area contributed by atoms with Crippen LogP contribution in [0.4, 0.5) is 0 Å². The third-order valence-corrected chi connectivity index (χ3v) is 7.60. The molecule has 2 aliphatic carbocycles. The van der Waals surface area contributed by atoms with Crippen LogP contribution in [0.15, 0.2) is 40.7 Å². The minimum absolute atomic E-state index is 0.762. The Balaban J connectivity index is 2.26. The fraction of sp³-hybridized carbons (Fsp3) is 0.478. The van der Waals surface area contributed by atoms with E-state index in [1.165, 1.54) is 16.7 Å². The van der Waals surface area contributed by atoms with E-state index < -0.39 is 28.4 Å². The molecule has 3 rings (SSSR count). The van der Waals surface area contributed by atoms with E-state index in [2.05, 4.69) is 75.0 Å². The Kier molecular flexibility index (Phi) is 5.56. The molecule has 2 nitrogen and oxygen atoms in total. The molecule has 4 heteroatoms. The summed E-state index contributed by atoms with van der Waals surface area (Å²) < 4.78 is 0. The van der Waals surface area contributed by atoms with Crippen molar-refractivity contribution in [3.8, 4) is 0 Å². The molecule has 0 saturated carbocycles. The van der Waals surface area contributed by atoms with Gasteiger partial charge in [-0.25, -0.2) is 0 Å². The maximum atomic E-state index is 10.9. The van der Waals surface area contributed by atoms with Crippen molar-refractivity contribution in [1.29, 1.82) is 0 Å². The molecule has 2 N–H and O–H groups in total. The van der Waals surface area contributed by atoms with Crippen LogP contribution in [-0.4, -0.2) is 38.6 Å². The van der Waals surface area contributed by atoms with Gasteiger partial charge in [0.05, 0.1) is 16.1 Å². The summed E-state index contributed by atoms with van der Waals surface area (Å²) in [6.45, 7) is 13.9. The summed E-state index contributed by atoms with van der Waals surface area (Å²) >= 11 is 0. The zero-order valence-electron chi connectivity index (χ0n) is 17.6. The van der Waals surface area contributed by atoms with E-state index in [0.29, 0.717) is 0 Å². The molecule has 146 valence electrons. The minimum atomic E-state index is -1.55. The fourth-order valence-electron chi connectivity index (χ4n) is 4.12. The normalized spacial score (nSPS) is 25.1. The zero-order chi connectivity index (χ0) is 20.0. The topological polar surface area (TPSA) is 40.5 Å². The van der Waals surface area contributed by atoms with Crippen molar-refractivity contribution >= 4 is 27.8 Å². The van der Waals surface area contributed by atoms with Gasteiger partial charge >= 0.3 is 0 Å². The molecule has 2 atom stereocenters. The Bertz CT molecular complexity index is 820. The monoisotopic (exact) mass is 398 g/mol. The highest BCUT2D eigenvalue weighted by Crippen LogP contribution is 2.46. The highest BCUT2D eigenvalue weighted by Gasteiger charge is 2.39. The zero-order valence-corrected chi connectivity index (χ0v) is 19.6. The van der Waals surface area contributed by atoms with Crippen LogP contribution in [-0.2, 0) is 6.42 Å². The molecule has 2 aliphatic rings. The number of aryl methyl sites for hydroxylation is 1. The van der Waals surface area contributed by atoms with Crippen molar-refractivity contribution in [3.05, 3.63) is 57.4 Å². The van der Waals surface area contributed by atoms with E-state index >= 15 is 0 Å². The first-order valence-corrected chi connectivity index (χ1v) is 17.3. The van der Waals surface area contributed by atoms with Crippen molar-refractivity contribution < 1.29 is 10.2 Å². The van der Waals surface area contributed by atoms with Crippen molar-refractivity contribution in [1.82, 2.24) is 0 Å². The van der Waals surface area contributed by atoms with Gasteiger partial charge in [0.1, 0.15) is 12.2 Å². The molecular weight excluding hydrogens is 364 g/mol. The summed E-state index contributed by atoms with van der Waals surface area (Å²) in [6.07, 6.45) is 3.65. The van der Waals surface area contributed by atoms with E-state index in [-0.39, 0.29) is 0 Å². The number of rotatable bonds is 3. The van der Waals surface area contributed by atoms with Gasteiger partial charge in [-0.15, -0.1) is 0 Å². The molecule has 0 fully saturated rings. The molecule has 0 unspecified atom stereocenters. The molecular formula is C23H34O2Si2. The lowest BCUT2D eigenvalue weighted by Gasteiger charge is -2.20. The molecule has 0 radical (unpaired) electrons. The second kappa shape index (κ2) is 7.32. The molecule has 0 amide bonds. The van der Waals surface area contributed by atoms with Crippen LogP contribution in [0, 0.1) is 0 Å². The van der Waals surface area contributed by atoms with E-state index in [1.807, 2.05) is 0 Å². The van der Waals surface area contributed by atoms with Crippen LogP contribution in [0.5, 0.6) is 0 Å². The summed E-state index contributed by atoms with van der Waals surface area (Å²) in [7, 11) is -2.87. The Morgan fingerprint density at radius 3 is 2.26 bits per heavy atom. The lowest BCUT2D eigenvalue weighted by Crippen LogP contribution is -2.26. The average molecular weight is 399 g/mol. The van der Waals surface area contributed by atoms with Gasteiger partial charge in [0.2, 0.25) is 0 Å². The number of aliphatic hydroxyl groups excluding tert-OH is 2. The first-order valence-electron chi connectivity index (χ1n) is 10.1. The van der Waals surface area contributed by atoms with E-state index in [1.54, 1.807) is 0 Å². The first kappa shape index (κ1) is 20.5. The van der Waals surface area contributed by atoms with Crippen LogP contribution >= 0.6 is 0 Å². The molecule has 0 spiro atoms. The third kappa shape index (κ3) is 4.45. The Morgan fingerprint density at radius 1 is 0.926 bits per heavy atom. The summed E-state index contributed by atoms with van der Waals surface area (Å²) in [6, 6.07) is 6.56. The number of aliphatic hydroxyl groups is 2. The second-order valence-electron chi connectivity index (χ2n) is 10.2. The summed E-state index contributed by atoms with van der Waals surface area (Å²) in [5.74, 6) is 0. The van der Waals surface area contributed by atoms with E-state index in [4.69, 9.17) is 0 Å². The molecule has 0 saturated heterocycles. The van der Waals surface area contributed by atoms with Gasteiger partial charge in [-0.05, 0) is 52.7 Å². The molecule has 1 aromatic rings. The molecule has 0 aliphatic heterocycles. The summed E-state index contributed by atoms with van der Waals surface area (Å²) in [5.41, 5.74) is 11.6. The molecule has 27 heavy (non-hydrogen) atoms. The van der Waals surface area contributed by atoms with Gasteiger partial charge < -0.3 is 10.2 Å². The van der Waals surface area contributed by atoms with Crippen LogP contribution < -0.4 is 0 Å². The summed E-state index contributed by atoms with van der Waals surface area (Å²) in [5, 5.41) is 21.7. The fourth-order valence-corrected chi connectivity index (χ4v) is 6.05. The predicted octanol–water partition coefficient (Wildman–Crippen LogP) is 5.21. The predicted molar refractivity (Wildman–Crippen MR) is 122 cm³/mol. The second-order valence-corrected chi connectivity index (χ2v) is 20.3. The molecule has 0 bridgehead atoms. The SMILES string of the molecule is C[Si](C)(C)/C=C\c1cccc2c1C1=C(CCC2)[C@H](O)[C@H](O)/C1=C\[Si](C)(C)C. The van der Waals surface area contributed by atoms with Crippen LogP contribution in [0.25, 0.3) is 11.6 Å². The standard InChI is InChI=1S/C23H34O2Si2/c1-26(2,3)14-13-17-10-7-9-16-11-8-12-18-21(20(16)17)19(15-27(4,5)6)23(25)22(18)24/h7,9-10,13-15,22-25H,8,11-12H2,1-6H3/b14-13-,19-15-/t22-,23+/m0/s1. The smallest absolute Gasteiger partial charge is 0.109 e. The lowest BCUT2D eigenvalue weighted by atomic mass is 9.90. The largest absolute Gasteiger partial charge is 0.386 e. The molecule has 1 aromatic carbocycles. The average Bonchev–Trinajstić information content (AvgIpc) is 2.71. The van der Waals surface area contributed by atoms with Crippen LogP contribution in [0.3, 0.4) is 0 Å². The first-order chi connectivity index (χ1) is 12.5. The Morgan fingerprint density at radius 2 is 1.63 bits per heavy atom. The van der Waals surface area contributed by atoms with Crippen molar-refractivity contribution in [2.45, 2.75) is 70.8 Å². The highest BCUT2D eigenvalue weighted by atomic mass is 28.3. The van der Waals surface area contributed by atoms with Crippen molar-refractivity contribution in [3.63, 3.8) is 0 Å². The lowest BCUT2D eigenvalue weighted by molar-refractivity contribution is 0.0741. The number of benzene rings is 1. The van der Waals surface area contributed by atoms with Gasteiger partial charge in [0.25, 0.3) is 0 Å². The minimum Gasteiger partial charge on any atom is -0.386 e. The van der Waals surface area contributed by atoms with Crippen LogP contribution in [0.1, 0.15) is 29.5 Å². The number of hydrogen-bond donors (Lipinski definition) is 2. The quantitative estimate of drug-likeness (QED) is 0.687. The molecule has 0 aromatic heterocycles. The van der Waals surface area contributed by atoms with E-state index in [9.17, 15) is 10.2 Å². The number of fused-ring (bicyclic) bond motifs is 2. The van der Waals surface area contributed by atoms with Gasteiger partial charge in [-0.1, -0.05) is 75.0 Å². The van der Waals surface area contributed by atoms with Crippen LogP contribution in [0.2, 0.25) is 39.3 Å². The van der Waals surface area contributed by atoms with E-state index in [0.717, 1.165) is 36.0 Å². The Labute approximate surface area is 166 Å². The summed E-state index contributed by atoms with van der Waals surface area (Å²) in [4.78, 5) is 0. The highest BCUT2D eigenvalue weighted by molar-refractivity contribution is 6.81. The van der Waals surface area contributed by atoms with Gasteiger partial charge in [0, 0.05) is 0 Å². The van der Waals surface area contributed by atoms with Gasteiger partial charge in [-0.3, -0.25) is 0 Å². The third-order valence-electron chi connectivity index (χ3n) is 5.26. The van der Waals surface area contributed by atoms with Crippen molar-refractivity contribution in [2.24, 2.45) is 0 Å². The molecule has 0 heterocycles. The van der Waals surface area contributed by atoms with Gasteiger partial charge in [0.15, 0.2) is 0 Å². The Hall–Kier alpha value is -1.21. The van der Waals surface area contributed by atoms with Gasteiger partial charge in [-0.2, -0.15) is 0 Å². The maximum absolute atomic E-state index is 10.9.